The van der Waals surface area contributed by atoms with E-state index >= 15 is 0 Å². The monoisotopic (exact) mass is 476 g/mol. The highest BCUT2D eigenvalue weighted by Gasteiger charge is 2.34. The number of ketones is 2. The second-order valence-corrected chi connectivity index (χ2v) is 8.36. The molecule has 0 bridgehead atoms. The molecular formula is C22H22BrFN2O4. The lowest BCUT2D eigenvalue weighted by Crippen LogP contribution is -2.45. The maximum atomic E-state index is 13.3. The quantitative estimate of drug-likeness (QED) is 0.482. The maximum absolute atomic E-state index is 13.3. The van der Waals surface area contributed by atoms with Gasteiger partial charge in [-0.25, -0.2) is 14.2 Å². The van der Waals surface area contributed by atoms with E-state index in [4.69, 9.17) is 0 Å². The van der Waals surface area contributed by atoms with E-state index < -0.39 is 17.8 Å². The van der Waals surface area contributed by atoms with Gasteiger partial charge < -0.3 is 10.0 Å². The summed E-state index contributed by atoms with van der Waals surface area (Å²) in [5, 5.41) is 9.23. The largest absolute Gasteiger partial charge is 0.465 e. The molecule has 3 rings (SSSR count). The molecular weight excluding hydrogens is 455 g/mol. The van der Waals surface area contributed by atoms with E-state index in [1.54, 1.807) is 25.3 Å². The third-order valence-corrected chi connectivity index (χ3v) is 6.01. The number of rotatable bonds is 6. The summed E-state index contributed by atoms with van der Waals surface area (Å²) in [5.41, 5.74) is 0.978. The van der Waals surface area contributed by atoms with Gasteiger partial charge in [-0.1, -0.05) is 0 Å². The van der Waals surface area contributed by atoms with Crippen LogP contribution in [0.15, 0.2) is 47.2 Å². The SMILES string of the molecule is CC1CC(C(=O)CC(C(=O)c2ccc(F)cc2)c2ccnc(Br)c2)CCN1C(=O)O. The molecule has 0 spiro atoms. The summed E-state index contributed by atoms with van der Waals surface area (Å²) in [6.45, 7) is 2.08. The van der Waals surface area contributed by atoms with Crippen LogP contribution in [0.3, 0.4) is 0 Å². The Balaban J connectivity index is 1.82. The fourth-order valence-electron chi connectivity index (χ4n) is 3.93. The van der Waals surface area contributed by atoms with Crippen LogP contribution in [0.1, 0.15) is 48.0 Å². The molecule has 6 nitrogen and oxygen atoms in total. The molecule has 158 valence electrons. The van der Waals surface area contributed by atoms with Crippen molar-refractivity contribution in [2.24, 2.45) is 5.92 Å². The molecule has 2 heterocycles. The number of amides is 1. The molecule has 3 unspecified atom stereocenters. The number of pyridine rings is 1. The van der Waals surface area contributed by atoms with Gasteiger partial charge in [-0.05, 0) is 77.7 Å². The van der Waals surface area contributed by atoms with Crippen LogP contribution in [0.4, 0.5) is 9.18 Å². The highest BCUT2D eigenvalue weighted by Crippen LogP contribution is 2.31. The van der Waals surface area contributed by atoms with Crippen molar-refractivity contribution < 1.29 is 23.9 Å². The summed E-state index contributed by atoms with van der Waals surface area (Å²) in [5.74, 6) is -1.80. The predicted molar refractivity (Wildman–Crippen MR) is 112 cm³/mol. The molecule has 0 aliphatic carbocycles. The summed E-state index contributed by atoms with van der Waals surface area (Å²) in [6, 6.07) is 8.41. The smallest absolute Gasteiger partial charge is 0.407 e. The van der Waals surface area contributed by atoms with Gasteiger partial charge >= 0.3 is 6.09 Å². The first kappa shape index (κ1) is 22.1. The Morgan fingerprint density at radius 2 is 1.97 bits per heavy atom. The second-order valence-electron chi connectivity index (χ2n) is 7.55. The molecule has 30 heavy (non-hydrogen) atoms. The Morgan fingerprint density at radius 3 is 2.57 bits per heavy atom. The Morgan fingerprint density at radius 1 is 1.27 bits per heavy atom. The van der Waals surface area contributed by atoms with Gasteiger partial charge in [0.15, 0.2) is 5.78 Å². The summed E-state index contributed by atoms with van der Waals surface area (Å²) >= 11 is 3.30. The first-order chi connectivity index (χ1) is 14.3. The molecule has 8 heteroatoms. The maximum Gasteiger partial charge on any atom is 0.407 e. The van der Waals surface area contributed by atoms with Crippen molar-refractivity contribution in [3.05, 3.63) is 64.1 Å². The summed E-state index contributed by atoms with van der Waals surface area (Å²) in [7, 11) is 0. The molecule has 0 saturated carbocycles. The number of Topliss-reactive ketones (excluding diaryl/α,β-unsaturated/α-hetero) is 2. The lowest BCUT2D eigenvalue weighted by atomic mass is 9.80. The molecule has 1 fully saturated rings. The molecule has 2 aromatic rings. The van der Waals surface area contributed by atoms with E-state index in [0.717, 1.165) is 0 Å². The van der Waals surface area contributed by atoms with Crippen molar-refractivity contribution in [3.63, 3.8) is 0 Å². The number of likely N-dealkylation sites (tertiary alicyclic amines) is 1. The van der Waals surface area contributed by atoms with Crippen molar-refractivity contribution >= 4 is 33.6 Å². The Bertz CT molecular complexity index is 950. The lowest BCUT2D eigenvalue weighted by Gasteiger charge is -2.35. The number of hydrogen-bond donors (Lipinski definition) is 1. The van der Waals surface area contributed by atoms with Crippen LogP contribution in [0.2, 0.25) is 0 Å². The van der Waals surface area contributed by atoms with Crippen LogP contribution in [0, 0.1) is 11.7 Å². The fourth-order valence-corrected chi connectivity index (χ4v) is 4.31. The molecule has 1 aromatic carbocycles. The number of nitrogens with zero attached hydrogens (tertiary/aromatic N) is 2. The number of piperidine rings is 1. The zero-order valence-corrected chi connectivity index (χ0v) is 18.0. The van der Waals surface area contributed by atoms with Crippen molar-refractivity contribution in [1.82, 2.24) is 9.88 Å². The number of benzene rings is 1. The van der Waals surface area contributed by atoms with E-state index in [1.807, 2.05) is 0 Å². The van der Waals surface area contributed by atoms with Gasteiger partial charge in [0, 0.05) is 36.7 Å². The van der Waals surface area contributed by atoms with E-state index in [2.05, 4.69) is 20.9 Å². The van der Waals surface area contributed by atoms with Gasteiger partial charge in [-0.3, -0.25) is 9.59 Å². The summed E-state index contributed by atoms with van der Waals surface area (Å²) in [6.07, 6.45) is 1.44. The minimum Gasteiger partial charge on any atom is -0.465 e. The normalized spacial score (nSPS) is 19.9. The highest BCUT2D eigenvalue weighted by atomic mass is 79.9. The molecule has 1 aliphatic rings. The van der Waals surface area contributed by atoms with Gasteiger partial charge in [0.05, 0.1) is 5.92 Å². The minimum absolute atomic E-state index is 0.00286. The van der Waals surface area contributed by atoms with E-state index in [0.29, 0.717) is 35.1 Å². The number of aromatic nitrogens is 1. The van der Waals surface area contributed by atoms with Gasteiger partial charge in [-0.15, -0.1) is 0 Å². The lowest BCUT2D eigenvalue weighted by molar-refractivity contribution is -0.125. The predicted octanol–water partition coefficient (Wildman–Crippen LogP) is 4.69. The zero-order chi connectivity index (χ0) is 21.8. The fraction of sp³-hybridized carbons (Fsp3) is 0.364. The van der Waals surface area contributed by atoms with Crippen LogP contribution in [0.5, 0.6) is 0 Å². The second kappa shape index (κ2) is 9.47. The molecule has 1 N–H and O–H groups in total. The standard InChI is InChI=1S/C22H22BrFN2O4/c1-13-10-16(7-9-26(13)22(29)30)19(27)12-18(15-6-8-25-20(23)11-15)21(28)14-2-4-17(24)5-3-14/h2-6,8,11,13,16,18H,7,9-10,12H2,1H3,(H,29,30). The molecule has 1 aliphatic heterocycles. The Kier molecular flexibility index (Phi) is 6.97. The van der Waals surface area contributed by atoms with E-state index in [9.17, 15) is 23.9 Å². The minimum atomic E-state index is -0.987. The number of carbonyl (C=O) groups is 3. The van der Waals surface area contributed by atoms with Crippen LogP contribution in [-0.2, 0) is 4.79 Å². The summed E-state index contributed by atoms with van der Waals surface area (Å²) < 4.78 is 13.8. The first-order valence-corrected chi connectivity index (χ1v) is 10.5. The van der Waals surface area contributed by atoms with E-state index in [1.165, 1.54) is 29.2 Å². The third kappa shape index (κ3) is 5.11. The average Bonchev–Trinajstić information content (AvgIpc) is 2.71. The van der Waals surface area contributed by atoms with Gasteiger partial charge in [-0.2, -0.15) is 0 Å². The molecule has 1 saturated heterocycles. The Labute approximate surface area is 182 Å². The number of carboxylic acid groups (broad SMARTS) is 1. The van der Waals surface area contributed by atoms with Crippen molar-refractivity contribution in [3.8, 4) is 0 Å². The van der Waals surface area contributed by atoms with Crippen LogP contribution < -0.4 is 0 Å². The Hall–Kier alpha value is -2.61. The average molecular weight is 477 g/mol. The topological polar surface area (TPSA) is 87.6 Å². The van der Waals surface area contributed by atoms with Gasteiger partial charge in [0.1, 0.15) is 16.2 Å². The third-order valence-electron chi connectivity index (χ3n) is 5.58. The van der Waals surface area contributed by atoms with Crippen LogP contribution in [-0.4, -0.2) is 45.2 Å². The number of hydrogen-bond acceptors (Lipinski definition) is 4. The van der Waals surface area contributed by atoms with Gasteiger partial charge in [0.25, 0.3) is 0 Å². The molecule has 1 aromatic heterocycles. The summed E-state index contributed by atoms with van der Waals surface area (Å²) in [4.78, 5) is 43.0. The van der Waals surface area contributed by atoms with Crippen molar-refractivity contribution in [1.29, 1.82) is 0 Å². The zero-order valence-electron chi connectivity index (χ0n) is 16.4. The van der Waals surface area contributed by atoms with Crippen LogP contribution >= 0.6 is 15.9 Å². The molecule has 0 radical (unpaired) electrons. The highest BCUT2D eigenvalue weighted by molar-refractivity contribution is 9.10. The van der Waals surface area contributed by atoms with Crippen molar-refractivity contribution in [2.45, 2.75) is 38.1 Å². The molecule has 3 atom stereocenters. The van der Waals surface area contributed by atoms with Crippen LogP contribution in [0.25, 0.3) is 0 Å². The van der Waals surface area contributed by atoms with Crippen molar-refractivity contribution in [2.75, 3.05) is 6.54 Å². The first-order valence-electron chi connectivity index (χ1n) is 9.69. The number of carbonyl (C=O) groups excluding carboxylic acids is 2. The van der Waals surface area contributed by atoms with Gasteiger partial charge in [0.2, 0.25) is 0 Å². The molecule has 1 amide bonds. The van der Waals surface area contributed by atoms with E-state index in [-0.39, 0.29) is 29.9 Å². The number of halogens is 2.